The van der Waals surface area contributed by atoms with Crippen LogP contribution in [0.3, 0.4) is 0 Å². The SMILES string of the molecule is Cc1ncc2c(c1-c1noc(C(C)n3ccnc3C)n1)CCN(C(=O)C1CC1)C2. The van der Waals surface area contributed by atoms with E-state index in [1.54, 1.807) is 6.20 Å². The van der Waals surface area contributed by atoms with Gasteiger partial charge in [0.15, 0.2) is 0 Å². The van der Waals surface area contributed by atoms with Crippen LogP contribution in [0.15, 0.2) is 23.1 Å². The third-order valence-electron chi connectivity index (χ3n) is 6.00. The highest BCUT2D eigenvalue weighted by atomic mass is 16.5. The van der Waals surface area contributed by atoms with Crippen molar-refractivity contribution in [2.24, 2.45) is 5.92 Å². The standard InChI is InChI=1S/C21H24N6O2/c1-12-18(19-24-20(29-25-19)13(2)27-9-7-22-14(27)3)17-6-8-26(11-16(17)10-23-12)21(28)15-4-5-15/h7,9-10,13,15H,4-6,8,11H2,1-3H3. The van der Waals surface area contributed by atoms with Crippen LogP contribution in [0, 0.1) is 19.8 Å². The molecule has 29 heavy (non-hydrogen) atoms. The van der Waals surface area contributed by atoms with Gasteiger partial charge in [-0.1, -0.05) is 5.16 Å². The molecule has 0 bridgehead atoms. The maximum absolute atomic E-state index is 12.5. The van der Waals surface area contributed by atoms with Crippen molar-refractivity contribution in [2.45, 2.75) is 52.6 Å². The molecular formula is C21H24N6O2. The fraction of sp³-hybridized carbons (Fsp3) is 0.476. The second kappa shape index (κ2) is 6.79. The van der Waals surface area contributed by atoms with Crippen molar-refractivity contribution in [3.05, 3.63) is 47.1 Å². The van der Waals surface area contributed by atoms with E-state index >= 15 is 0 Å². The smallest absolute Gasteiger partial charge is 0.249 e. The molecule has 0 N–H and O–H groups in total. The average molecular weight is 392 g/mol. The Morgan fingerprint density at radius 1 is 1.28 bits per heavy atom. The summed E-state index contributed by atoms with van der Waals surface area (Å²) in [6.07, 6.45) is 8.40. The van der Waals surface area contributed by atoms with Gasteiger partial charge in [0.25, 0.3) is 0 Å². The molecule has 0 spiro atoms. The van der Waals surface area contributed by atoms with E-state index in [0.29, 0.717) is 18.3 Å². The summed E-state index contributed by atoms with van der Waals surface area (Å²) < 4.78 is 7.61. The van der Waals surface area contributed by atoms with Gasteiger partial charge in [0, 0.05) is 48.9 Å². The zero-order chi connectivity index (χ0) is 20.1. The summed E-state index contributed by atoms with van der Waals surface area (Å²) >= 11 is 0. The van der Waals surface area contributed by atoms with E-state index < -0.39 is 0 Å². The second-order valence-electron chi connectivity index (χ2n) is 8.02. The number of rotatable bonds is 4. The summed E-state index contributed by atoms with van der Waals surface area (Å²) in [5.41, 5.74) is 4.07. The molecule has 1 fully saturated rings. The summed E-state index contributed by atoms with van der Waals surface area (Å²) in [5, 5.41) is 4.27. The minimum Gasteiger partial charge on any atom is -0.338 e. The predicted molar refractivity (Wildman–Crippen MR) is 105 cm³/mol. The van der Waals surface area contributed by atoms with Crippen LogP contribution in [-0.4, -0.2) is 42.0 Å². The van der Waals surface area contributed by atoms with Crippen molar-refractivity contribution in [3.63, 3.8) is 0 Å². The van der Waals surface area contributed by atoms with Crippen LogP contribution < -0.4 is 0 Å². The summed E-state index contributed by atoms with van der Waals surface area (Å²) in [7, 11) is 0. The van der Waals surface area contributed by atoms with Gasteiger partial charge in [0.1, 0.15) is 11.9 Å². The van der Waals surface area contributed by atoms with E-state index in [1.807, 2.05) is 42.6 Å². The molecule has 3 aromatic rings. The van der Waals surface area contributed by atoms with Crippen molar-refractivity contribution >= 4 is 5.91 Å². The Labute approximate surface area is 169 Å². The van der Waals surface area contributed by atoms with Crippen LogP contribution in [-0.2, 0) is 17.8 Å². The molecule has 8 nitrogen and oxygen atoms in total. The highest BCUT2D eigenvalue weighted by molar-refractivity contribution is 5.81. The lowest BCUT2D eigenvalue weighted by Crippen LogP contribution is -2.37. The fourth-order valence-electron chi connectivity index (χ4n) is 4.15. The molecule has 1 amide bonds. The lowest BCUT2D eigenvalue weighted by Gasteiger charge is -2.30. The van der Waals surface area contributed by atoms with Crippen LogP contribution in [0.5, 0.6) is 0 Å². The number of amides is 1. The van der Waals surface area contributed by atoms with Crippen molar-refractivity contribution in [3.8, 4) is 11.4 Å². The molecule has 1 aliphatic carbocycles. The maximum Gasteiger partial charge on any atom is 0.249 e. The van der Waals surface area contributed by atoms with Gasteiger partial charge in [0.2, 0.25) is 17.6 Å². The van der Waals surface area contributed by atoms with Crippen molar-refractivity contribution in [1.82, 2.24) is 29.6 Å². The molecule has 5 rings (SSSR count). The minimum atomic E-state index is -0.0989. The number of aryl methyl sites for hydroxylation is 2. The van der Waals surface area contributed by atoms with E-state index in [1.165, 1.54) is 5.56 Å². The van der Waals surface area contributed by atoms with Crippen molar-refractivity contribution in [1.29, 1.82) is 0 Å². The molecule has 8 heteroatoms. The number of nitrogens with zero attached hydrogens (tertiary/aromatic N) is 6. The van der Waals surface area contributed by atoms with Gasteiger partial charge in [-0.15, -0.1) is 0 Å². The van der Waals surface area contributed by atoms with Gasteiger partial charge in [-0.25, -0.2) is 4.98 Å². The highest BCUT2D eigenvalue weighted by Crippen LogP contribution is 2.35. The summed E-state index contributed by atoms with van der Waals surface area (Å²) in [4.78, 5) is 28.0. The zero-order valence-electron chi connectivity index (χ0n) is 16.9. The number of hydrogen-bond acceptors (Lipinski definition) is 6. The zero-order valence-corrected chi connectivity index (χ0v) is 16.9. The summed E-state index contributed by atoms with van der Waals surface area (Å²) in [6.45, 7) is 7.27. The van der Waals surface area contributed by atoms with Crippen LogP contribution in [0.1, 0.15) is 54.3 Å². The fourth-order valence-corrected chi connectivity index (χ4v) is 4.15. The van der Waals surface area contributed by atoms with E-state index in [4.69, 9.17) is 9.51 Å². The Bertz CT molecular complexity index is 1080. The molecule has 4 heterocycles. The molecule has 1 aliphatic heterocycles. The topological polar surface area (TPSA) is 89.9 Å². The lowest BCUT2D eigenvalue weighted by atomic mass is 9.94. The average Bonchev–Trinajstić information content (AvgIpc) is 3.31. The summed E-state index contributed by atoms with van der Waals surface area (Å²) in [5.74, 6) is 2.52. The van der Waals surface area contributed by atoms with Crippen LogP contribution in [0.25, 0.3) is 11.4 Å². The molecule has 2 aliphatic rings. The molecule has 1 atom stereocenters. The third-order valence-corrected chi connectivity index (χ3v) is 6.00. The van der Waals surface area contributed by atoms with Gasteiger partial charge < -0.3 is 14.0 Å². The number of hydrogen-bond donors (Lipinski definition) is 0. The quantitative estimate of drug-likeness (QED) is 0.678. The molecule has 1 unspecified atom stereocenters. The van der Waals surface area contributed by atoms with Gasteiger partial charge in [0.05, 0.1) is 0 Å². The van der Waals surface area contributed by atoms with Crippen molar-refractivity contribution < 1.29 is 9.32 Å². The van der Waals surface area contributed by atoms with Gasteiger partial charge >= 0.3 is 0 Å². The number of carbonyl (C=O) groups excluding carboxylic acids is 1. The first kappa shape index (κ1) is 18.0. The Balaban J connectivity index is 1.46. The Morgan fingerprint density at radius 2 is 2.10 bits per heavy atom. The van der Waals surface area contributed by atoms with E-state index in [9.17, 15) is 4.79 Å². The normalized spacial score (nSPS) is 17.3. The van der Waals surface area contributed by atoms with E-state index in [-0.39, 0.29) is 17.9 Å². The largest absolute Gasteiger partial charge is 0.338 e. The first-order valence-electron chi connectivity index (χ1n) is 10.1. The summed E-state index contributed by atoms with van der Waals surface area (Å²) in [6, 6.07) is -0.0989. The number of aromatic nitrogens is 5. The van der Waals surface area contributed by atoms with Crippen molar-refractivity contribution in [2.75, 3.05) is 6.54 Å². The molecular weight excluding hydrogens is 368 g/mol. The molecule has 150 valence electrons. The van der Waals surface area contributed by atoms with Gasteiger partial charge in [-0.2, -0.15) is 4.98 Å². The lowest BCUT2D eigenvalue weighted by molar-refractivity contribution is -0.133. The maximum atomic E-state index is 12.5. The number of pyridine rings is 1. The van der Waals surface area contributed by atoms with E-state index in [2.05, 4.69) is 15.1 Å². The monoisotopic (exact) mass is 392 g/mol. The second-order valence-corrected chi connectivity index (χ2v) is 8.02. The molecule has 3 aromatic heterocycles. The van der Waals surface area contributed by atoms with Crippen LogP contribution >= 0.6 is 0 Å². The Hall–Kier alpha value is -3.03. The number of fused-ring (bicyclic) bond motifs is 1. The Morgan fingerprint density at radius 3 is 2.83 bits per heavy atom. The first-order chi connectivity index (χ1) is 14.0. The Kier molecular flexibility index (Phi) is 4.22. The van der Waals surface area contributed by atoms with Crippen LogP contribution in [0.2, 0.25) is 0 Å². The molecule has 0 saturated heterocycles. The van der Waals surface area contributed by atoms with Gasteiger partial charge in [-0.3, -0.25) is 9.78 Å². The highest BCUT2D eigenvalue weighted by Gasteiger charge is 2.35. The first-order valence-corrected chi connectivity index (χ1v) is 10.1. The van der Waals surface area contributed by atoms with Gasteiger partial charge in [-0.05, 0) is 51.2 Å². The predicted octanol–water partition coefficient (Wildman–Crippen LogP) is 2.85. The number of imidazole rings is 1. The number of carbonyl (C=O) groups is 1. The minimum absolute atomic E-state index is 0.0989. The molecule has 0 aromatic carbocycles. The molecule has 1 saturated carbocycles. The van der Waals surface area contributed by atoms with E-state index in [0.717, 1.165) is 48.5 Å². The van der Waals surface area contributed by atoms with Crippen LogP contribution in [0.4, 0.5) is 0 Å². The molecule has 0 radical (unpaired) electrons. The third kappa shape index (κ3) is 3.12.